The average Bonchev–Trinajstić information content (AvgIpc) is 2.18. The van der Waals surface area contributed by atoms with Crippen LogP contribution in [-0.2, 0) is 0 Å². The van der Waals surface area contributed by atoms with Crippen LogP contribution in [0.1, 0.15) is 6.92 Å². The van der Waals surface area contributed by atoms with Crippen molar-refractivity contribution in [1.82, 2.24) is 0 Å². The van der Waals surface area contributed by atoms with Crippen LogP contribution in [-0.4, -0.2) is 19.8 Å². The number of ether oxygens (including phenoxy) is 3. The predicted octanol–water partition coefficient (Wildman–Crippen LogP) is 1.66. The summed E-state index contributed by atoms with van der Waals surface area (Å²) in [6, 6.07) is 6.52. The van der Waals surface area contributed by atoms with E-state index in [4.69, 9.17) is 14.2 Å². The van der Waals surface area contributed by atoms with E-state index in [1.807, 2.05) is 6.92 Å². The fourth-order valence-electron chi connectivity index (χ4n) is 1.21. The molecule has 0 unspecified atom stereocenters. The molecule has 1 aromatic rings. The SMILES string of the molecule is CCOc1[c]cc2c(c1)OCCO2. The molecule has 0 amide bonds. The molecule has 1 heterocycles. The molecule has 3 heteroatoms. The van der Waals surface area contributed by atoms with Gasteiger partial charge in [0.1, 0.15) is 19.0 Å². The molecule has 0 aromatic heterocycles. The molecule has 0 N–H and O–H groups in total. The molecule has 0 atom stereocenters. The van der Waals surface area contributed by atoms with Gasteiger partial charge in [0.2, 0.25) is 0 Å². The van der Waals surface area contributed by atoms with Gasteiger partial charge in [-0.05, 0) is 13.0 Å². The average molecular weight is 179 g/mol. The largest absolute Gasteiger partial charge is 0.493 e. The highest BCUT2D eigenvalue weighted by atomic mass is 16.6. The number of rotatable bonds is 2. The predicted molar refractivity (Wildman–Crippen MR) is 47.4 cm³/mol. The molecule has 2 rings (SSSR count). The normalized spacial score (nSPS) is 13.9. The summed E-state index contributed by atoms with van der Waals surface area (Å²) in [5, 5.41) is 0. The first-order valence-electron chi connectivity index (χ1n) is 4.34. The summed E-state index contributed by atoms with van der Waals surface area (Å²) in [5.74, 6) is 2.19. The van der Waals surface area contributed by atoms with Crippen LogP contribution >= 0.6 is 0 Å². The van der Waals surface area contributed by atoms with Crippen LogP contribution in [0.25, 0.3) is 0 Å². The minimum atomic E-state index is 0.600. The third-order valence-corrected chi connectivity index (χ3v) is 1.75. The maximum absolute atomic E-state index is 5.39. The van der Waals surface area contributed by atoms with E-state index in [0.717, 1.165) is 11.5 Å². The highest BCUT2D eigenvalue weighted by molar-refractivity contribution is 5.45. The molecule has 3 nitrogen and oxygen atoms in total. The van der Waals surface area contributed by atoms with Gasteiger partial charge in [-0.1, -0.05) is 0 Å². The number of benzene rings is 1. The summed E-state index contributed by atoms with van der Waals surface area (Å²) >= 11 is 0. The molecule has 0 aliphatic carbocycles. The van der Waals surface area contributed by atoms with Gasteiger partial charge in [0.15, 0.2) is 11.5 Å². The molecule has 0 saturated carbocycles. The number of hydrogen-bond donors (Lipinski definition) is 0. The Morgan fingerprint density at radius 2 is 2.15 bits per heavy atom. The van der Waals surface area contributed by atoms with Gasteiger partial charge < -0.3 is 14.2 Å². The first kappa shape index (κ1) is 8.23. The maximum atomic E-state index is 5.39. The third-order valence-electron chi connectivity index (χ3n) is 1.75. The van der Waals surface area contributed by atoms with Crippen molar-refractivity contribution >= 4 is 0 Å². The lowest BCUT2D eigenvalue weighted by atomic mass is 10.3. The molecule has 1 aliphatic heterocycles. The number of fused-ring (bicyclic) bond motifs is 1. The summed E-state index contributed by atoms with van der Waals surface area (Å²) in [7, 11) is 0. The zero-order valence-electron chi connectivity index (χ0n) is 7.50. The Morgan fingerprint density at radius 1 is 1.38 bits per heavy atom. The quantitative estimate of drug-likeness (QED) is 0.691. The monoisotopic (exact) mass is 179 g/mol. The summed E-state index contributed by atoms with van der Waals surface area (Å²) in [5.41, 5.74) is 0. The molecule has 0 bridgehead atoms. The van der Waals surface area contributed by atoms with Crippen molar-refractivity contribution < 1.29 is 14.2 Å². The molecule has 1 aliphatic rings. The van der Waals surface area contributed by atoms with Crippen LogP contribution in [0.5, 0.6) is 17.2 Å². The third kappa shape index (κ3) is 1.69. The van der Waals surface area contributed by atoms with E-state index in [1.54, 1.807) is 12.1 Å². The van der Waals surface area contributed by atoms with Crippen LogP contribution < -0.4 is 14.2 Å². The Hall–Kier alpha value is -1.38. The van der Waals surface area contributed by atoms with E-state index in [2.05, 4.69) is 6.07 Å². The van der Waals surface area contributed by atoms with Gasteiger partial charge >= 0.3 is 0 Å². The highest BCUT2D eigenvalue weighted by Gasteiger charge is 2.11. The minimum Gasteiger partial charge on any atom is -0.493 e. The Bertz CT molecular complexity index is 296. The number of hydrogen-bond acceptors (Lipinski definition) is 3. The topological polar surface area (TPSA) is 27.7 Å². The zero-order valence-corrected chi connectivity index (χ0v) is 7.50. The van der Waals surface area contributed by atoms with Crippen LogP contribution in [0.15, 0.2) is 12.1 Å². The summed E-state index contributed by atoms with van der Waals surface area (Å²) in [6.45, 7) is 3.78. The Kier molecular flexibility index (Phi) is 2.25. The summed E-state index contributed by atoms with van der Waals surface area (Å²) in [4.78, 5) is 0. The molecule has 1 aromatic carbocycles. The van der Waals surface area contributed by atoms with Crippen molar-refractivity contribution in [3.63, 3.8) is 0 Å². The van der Waals surface area contributed by atoms with Crippen molar-refractivity contribution in [2.24, 2.45) is 0 Å². The maximum Gasteiger partial charge on any atom is 0.165 e. The van der Waals surface area contributed by atoms with E-state index in [1.165, 1.54) is 0 Å². The highest BCUT2D eigenvalue weighted by Crippen LogP contribution is 2.32. The van der Waals surface area contributed by atoms with Gasteiger partial charge in [-0.15, -0.1) is 0 Å². The van der Waals surface area contributed by atoms with Crippen LogP contribution in [0.4, 0.5) is 0 Å². The standard InChI is InChI=1S/C10H11O3/c1-2-11-8-3-4-9-10(7-8)13-6-5-12-9/h4,7H,2,5-6H2,1H3. The lowest BCUT2D eigenvalue weighted by molar-refractivity contribution is 0.170. The molecule has 69 valence electrons. The van der Waals surface area contributed by atoms with E-state index in [0.29, 0.717) is 25.6 Å². The van der Waals surface area contributed by atoms with Crippen molar-refractivity contribution in [1.29, 1.82) is 0 Å². The van der Waals surface area contributed by atoms with Crippen molar-refractivity contribution in [3.8, 4) is 17.2 Å². The molecule has 13 heavy (non-hydrogen) atoms. The Morgan fingerprint density at radius 3 is 2.92 bits per heavy atom. The van der Waals surface area contributed by atoms with Crippen molar-refractivity contribution in [2.75, 3.05) is 19.8 Å². The van der Waals surface area contributed by atoms with Crippen molar-refractivity contribution in [3.05, 3.63) is 18.2 Å². The Labute approximate surface area is 77.2 Å². The first-order chi connectivity index (χ1) is 6.40. The molecular weight excluding hydrogens is 168 g/mol. The zero-order chi connectivity index (χ0) is 9.10. The summed E-state index contributed by atoms with van der Waals surface area (Å²) in [6.07, 6.45) is 0. The van der Waals surface area contributed by atoms with Gasteiger partial charge in [0.05, 0.1) is 6.61 Å². The fourth-order valence-corrected chi connectivity index (χ4v) is 1.21. The Balaban J connectivity index is 2.24. The lowest BCUT2D eigenvalue weighted by Gasteiger charge is -2.18. The van der Waals surface area contributed by atoms with E-state index in [-0.39, 0.29) is 0 Å². The molecule has 0 fully saturated rings. The van der Waals surface area contributed by atoms with E-state index >= 15 is 0 Å². The smallest absolute Gasteiger partial charge is 0.165 e. The van der Waals surface area contributed by atoms with Gasteiger partial charge in [0.25, 0.3) is 0 Å². The molecular formula is C10H11O3. The van der Waals surface area contributed by atoms with E-state index < -0.39 is 0 Å². The first-order valence-corrected chi connectivity index (χ1v) is 4.34. The molecule has 0 spiro atoms. The van der Waals surface area contributed by atoms with E-state index in [9.17, 15) is 0 Å². The van der Waals surface area contributed by atoms with Crippen LogP contribution in [0.3, 0.4) is 0 Å². The fraction of sp³-hybridized carbons (Fsp3) is 0.400. The minimum absolute atomic E-state index is 0.600. The second kappa shape index (κ2) is 3.56. The van der Waals surface area contributed by atoms with Crippen molar-refractivity contribution in [2.45, 2.75) is 6.92 Å². The van der Waals surface area contributed by atoms with Gasteiger partial charge in [-0.2, -0.15) is 0 Å². The van der Waals surface area contributed by atoms with Crippen LogP contribution in [0, 0.1) is 6.07 Å². The van der Waals surface area contributed by atoms with Gasteiger partial charge in [-0.25, -0.2) is 0 Å². The second-order valence-corrected chi connectivity index (χ2v) is 2.66. The molecule has 1 radical (unpaired) electrons. The summed E-state index contributed by atoms with van der Waals surface area (Å²) < 4.78 is 16.0. The van der Waals surface area contributed by atoms with Crippen LogP contribution in [0.2, 0.25) is 0 Å². The van der Waals surface area contributed by atoms with Gasteiger partial charge in [0, 0.05) is 12.1 Å². The lowest BCUT2D eigenvalue weighted by Crippen LogP contribution is -2.15. The molecule has 0 saturated heterocycles. The van der Waals surface area contributed by atoms with Gasteiger partial charge in [-0.3, -0.25) is 0 Å². The second-order valence-electron chi connectivity index (χ2n) is 2.66.